The fourth-order valence-electron chi connectivity index (χ4n) is 10.8. The Balaban J connectivity index is 1.22. The highest BCUT2D eigenvalue weighted by atomic mass is 16.5. The van der Waals surface area contributed by atoms with Gasteiger partial charge in [0.15, 0.2) is 0 Å². The number of fused-ring (bicyclic) bond motifs is 2. The van der Waals surface area contributed by atoms with Crippen LogP contribution in [0.3, 0.4) is 0 Å². The monoisotopic (exact) mass is 921 g/mol. The van der Waals surface area contributed by atoms with E-state index < -0.39 is 48.4 Å². The molecule has 16 nitrogen and oxygen atoms in total. The summed E-state index contributed by atoms with van der Waals surface area (Å²) in [4.78, 5) is 101. The van der Waals surface area contributed by atoms with Gasteiger partial charge >= 0.3 is 0 Å². The van der Waals surface area contributed by atoms with E-state index in [-0.39, 0.29) is 84.0 Å². The smallest absolute Gasteiger partial charge is 0.253 e. The second-order valence-corrected chi connectivity index (χ2v) is 19.4. The quantitative estimate of drug-likeness (QED) is 0.100. The molecule has 0 unspecified atom stereocenters. The summed E-state index contributed by atoms with van der Waals surface area (Å²) < 4.78 is 12.0. The summed E-state index contributed by atoms with van der Waals surface area (Å²) in [6, 6.07) is 6.03. The third kappa shape index (κ3) is 12.1. The van der Waals surface area contributed by atoms with Gasteiger partial charge in [-0.3, -0.25) is 38.5 Å². The molecule has 5 rings (SSSR count). The molecular formula is C50H76N6O10. The molecule has 2 saturated heterocycles. The lowest BCUT2D eigenvalue weighted by atomic mass is 9.89. The number of aliphatic hydroxyl groups excluding tert-OH is 1. The number of benzene rings is 1. The molecule has 0 aromatic heterocycles. The molecule has 1 aromatic rings. The van der Waals surface area contributed by atoms with E-state index >= 15 is 0 Å². The molecule has 1 aliphatic carbocycles. The molecule has 3 fully saturated rings. The van der Waals surface area contributed by atoms with Gasteiger partial charge in [0.1, 0.15) is 12.1 Å². The number of methoxy groups -OCH3 is 2. The van der Waals surface area contributed by atoms with Crippen molar-refractivity contribution in [1.29, 1.82) is 0 Å². The Kier molecular flexibility index (Phi) is 18.9. The Morgan fingerprint density at radius 1 is 0.879 bits per heavy atom. The standard InChI is InChI=1S/C50H76N6O10/c1-10-31(4)44(38(65-8)29-42(60)54-27-17-20-37(54)47(66-9)32(5)48(62)51-33(6)46(61)34-18-13-11-14-19-34)53(7)50(64)43(30(2)3)52-49(63)45-35-22-23-36(28-35)56(45)41(59)21-15-12-16-26-55-39(57)24-25-40(55)58/h11,13-14,18-19,24-25,30-33,35-38,43-47,61H,10,12,15-17,20-23,26-29H2,1-9H3,(H,51,62)(H,52,63)/t31-,32+,33+,35-,36+,37-,38+,43-,44-,45-,46+,47+/m0/s1. The summed E-state index contributed by atoms with van der Waals surface area (Å²) in [6.45, 7) is 12.1. The van der Waals surface area contributed by atoms with Gasteiger partial charge in [-0.05, 0) is 75.2 Å². The van der Waals surface area contributed by atoms with Crippen molar-refractivity contribution in [2.45, 2.75) is 167 Å². The first-order valence-electron chi connectivity index (χ1n) is 24.3. The van der Waals surface area contributed by atoms with Crippen molar-refractivity contribution in [1.82, 2.24) is 30.2 Å². The highest BCUT2D eigenvalue weighted by Gasteiger charge is 2.52. The van der Waals surface area contributed by atoms with E-state index in [4.69, 9.17) is 9.47 Å². The zero-order chi connectivity index (χ0) is 48.4. The van der Waals surface area contributed by atoms with Gasteiger partial charge in [-0.1, -0.05) is 77.8 Å². The van der Waals surface area contributed by atoms with Gasteiger partial charge in [-0.25, -0.2) is 0 Å². The van der Waals surface area contributed by atoms with E-state index in [0.717, 1.165) is 25.7 Å². The predicted octanol–water partition coefficient (Wildman–Crippen LogP) is 4.15. The van der Waals surface area contributed by atoms with Crippen LogP contribution < -0.4 is 10.6 Å². The first-order valence-corrected chi connectivity index (χ1v) is 24.3. The lowest BCUT2D eigenvalue weighted by Gasteiger charge is -2.41. The molecule has 66 heavy (non-hydrogen) atoms. The summed E-state index contributed by atoms with van der Waals surface area (Å²) in [6.07, 6.45) is 6.76. The first kappa shape index (κ1) is 52.3. The maximum absolute atomic E-state index is 14.7. The van der Waals surface area contributed by atoms with Crippen LogP contribution in [0.15, 0.2) is 42.5 Å². The van der Waals surface area contributed by atoms with Crippen LogP contribution in [-0.2, 0) is 43.0 Å². The van der Waals surface area contributed by atoms with E-state index in [0.29, 0.717) is 50.8 Å². The van der Waals surface area contributed by atoms with Crippen molar-refractivity contribution in [2.24, 2.45) is 23.7 Å². The van der Waals surface area contributed by atoms with Crippen LogP contribution in [0.4, 0.5) is 0 Å². The molecule has 16 heteroatoms. The van der Waals surface area contributed by atoms with Crippen molar-refractivity contribution < 1.29 is 48.1 Å². The van der Waals surface area contributed by atoms with Crippen molar-refractivity contribution in [2.75, 3.05) is 34.4 Å². The number of imide groups is 1. The number of nitrogens with zero attached hydrogens (tertiary/aromatic N) is 4. The Bertz CT molecular complexity index is 1880. The topological polar surface area (TPSA) is 195 Å². The van der Waals surface area contributed by atoms with Crippen LogP contribution in [0.5, 0.6) is 0 Å². The molecule has 3 heterocycles. The highest BCUT2D eigenvalue weighted by Crippen LogP contribution is 2.43. The molecule has 3 N–H and O–H groups in total. The number of likely N-dealkylation sites (tertiary alicyclic amines) is 2. The van der Waals surface area contributed by atoms with E-state index in [1.54, 1.807) is 42.7 Å². The SMILES string of the molecule is CC[C@H](C)[C@@H]([C@@H](CC(=O)N1CCC[C@H]1[C@H](OC)[C@@H](C)C(=O)N[C@H](C)[C@@H](O)c1ccccc1)OC)N(C)C(=O)[C@@H](NC(=O)[C@@H]1[C@H]2CC[C@H](C2)N1C(=O)CCCCCN1C(=O)C=CC1=O)C(C)C. The minimum Gasteiger partial charge on any atom is -0.386 e. The maximum Gasteiger partial charge on any atom is 0.253 e. The zero-order valence-corrected chi connectivity index (χ0v) is 40.6. The third-order valence-electron chi connectivity index (χ3n) is 14.8. The number of rotatable bonds is 24. The van der Waals surface area contributed by atoms with Gasteiger partial charge in [0, 0.05) is 59.0 Å². The second-order valence-electron chi connectivity index (χ2n) is 19.4. The molecular weight excluding hydrogens is 845 g/mol. The van der Waals surface area contributed by atoms with Gasteiger partial charge in [0.2, 0.25) is 29.5 Å². The number of nitrogens with one attached hydrogen (secondary N) is 2. The van der Waals surface area contributed by atoms with Gasteiger partial charge in [-0.2, -0.15) is 0 Å². The fraction of sp³-hybridized carbons (Fsp3) is 0.700. The molecule has 2 bridgehead atoms. The number of ether oxygens (including phenoxy) is 2. The Morgan fingerprint density at radius 3 is 2.18 bits per heavy atom. The van der Waals surface area contributed by atoms with Crippen molar-refractivity contribution in [3.05, 3.63) is 48.0 Å². The van der Waals surface area contributed by atoms with Crippen LogP contribution in [0.2, 0.25) is 0 Å². The van der Waals surface area contributed by atoms with Gasteiger partial charge < -0.3 is 39.9 Å². The fourth-order valence-corrected chi connectivity index (χ4v) is 10.8. The van der Waals surface area contributed by atoms with Crippen LogP contribution in [0.25, 0.3) is 0 Å². The first-order chi connectivity index (χ1) is 31.4. The molecule has 1 aromatic carbocycles. The predicted molar refractivity (Wildman–Crippen MR) is 248 cm³/mol. The highest BCUT2D eigenvalue weighted by molar-refractivity contribution is 6.12. The zero-order valence-electron chi connectivity index (χ0n) is 40.6. The molecule has 366 valence electrons. The number of aliphatic hydroxyl groups is 1. The van der Waals surface area contributed by atoms with Crippen LogP contribution in [0.1, 0.15) is 124 Å². The lowest BCUT2D eigenvalue weighted by Crippen LogP contribution is -2.60. The van der Waals surface area contributed by atoms with E-state index in [9.17, 15) is 38.7 Å². The number of carbonyl (C=O) groups excluding carboxylic acids is 7. The Labute approximate surface area is 391 Å². The number of hydrogen-bond acceptors (Lipinski definition) is 10. The molecule has 0 spiro atoms. The summed E-state index contributed by atoms with van der Waals surface area (Å²) in [5.41, 5.74) is 0.693. The number of piperidine rings is 1. The minimum atomic E-state index is -0.904. The lowest BCUT2D eigenvalue weighted by molar-refractivity contribution is -0.149. The maximum atomic E-state index is 14.7. The van der Waals surface area contributed by atoms with Crippen LogP contribution >= 0.6 is 0 Å². The van der Waals surface area contributed by atoms with E-state index in [1.165, 1.54) is 24.2 Å². The number of unbranched alkanes of at least 4 members (excludes halogenated alkanes) is 2. The summed E-state index contributed by atoms with van der Waals surface area (Å²) in [5, 5.41) is 16.9. The largest absolute Gasteiger partial charge is 0.386 e. The number of carbonyl (C=O) groups is 7. The van der Waals surface area contributed by atoms with E-state index in [1.807, 2.05) is 58.0 Å². The van der Waals surface area contributed by atoms with Gasteiger partial charge in [0.05, 0.1) is 48.8 Å². The van der Waals surface area contributed by atoms with Crippen LogP contribution in [-0.4, -0.2) is 149 Å². The second kappa shape index (κ2) is 23.9. The van der Waals surface area contributed by atoms with Crippen molar-refractivity contribution in [3.63, 3.8) is 0 Å². The van der Waals surface area contributed by atoms with E-state index in [2.05, 4.69) is 10.6 Å². The number of likely N-dealkylation sites (N-methyl/N-ethyl adjacent to an activating group) is 1. The number of hydrogen-bond donors (Lipinski definition) is 3. The third-order valence-corrected chi connectivity index (χ3v) is 14.8. The number of amides is 7. The van der Waals surface area contributed by atoms with Crippen molar-refractivity contribution in [3.8, 4) is 0 Å². The summed E-state index contributed by atoms with van der Waals surface area (Å²) in [7, 11) is 4.78. The Hall–Kier alpha value is -4.67. The molecule has 4 aliphatic rings. The Morgan fingerprint density at radius 2 is 1.56 bits per heavy atom. The molecule has 3 aliphatic heterocycles. The summed E-state index contributed by atoms with van der Waals surface area (Å²) >= 11 is 0. The molecule has 7 amide bonds. The average Bonchev–Trinajstić information content (AvgIpc) is 4.13. The molecule has 1 saturated carbocycles. The summed E-state index contributed by atoms with van der Waals surface area (Å²) in [5.74, 6) is -2.90. The van der Waals surface area contributed by atoms with Crippen LogP contribution in [0, 0.1) is 23.7 Å². The normalized spacial score (nSPS) is 24.0. The average molecular weight is 921 g/mol. The molecule has 12 atom stereocenters. The molecule has 0 radical (unpaired) electrons. The minimum absolute atomic E-state index is 0.00313. The van der Waals surface area contributed by atoms with Gasteiger partial charge in [-0.15, -0.1) is 0 Å². The van der Waals surface area contributed by atoms with Crippen molar-refractivity contribution >= 4 is 41.4 Å². The van der Waals surface area contributed by atoms with Gasteiger partial charge in [0.25, 0.3) is 11.8 Å².